The normalized spacial score (nSPS) is 10.9. The van der Waals surface area contributed by atoms with E-state index in [2.05, 4.69) is 38.1 Å². The van der Waals surface area contributed by atoms with Crippen LogP contribution in [0.4, 0.5) is 0 Å². The predicted octanol–water partition coefficient (Wildman–Crippen LogP) is 4.43. The van der Waals surface area contributed by atoms with Gasteiger partial charge in [0.05, 0.1) is 12.2 Å². The molecule has 0 amide bonds. The van der Waals surface area contributed by atoms with Crippen molar-refractivity contribution in [3.8, 4) is 22.6 Å². The number of benzene rings is 2. The van der Waals surface area contributed by atoms with Crippen LogP contribution >= 0.6 is 0 Å². The number of aromatic nitrogens is 1. The zero-order valence-corrected chi connectivity index (χ0v) is 13.1. The van der Waals surface area contributed by atoms with Crippen LogP contribution in [0, 0.1) is 20.8 Å². The Morgan fingerprint density at radius 1 is 1.00 bits per heavy atom. The minimum atomic E-state index is -0.101. The minimum absolute atomic E-state index is 0.101. The van der Waals surface area contributed by atoms with Crippen molar-refractivity contribution in [3.05, 3.63) is 64.7 Å². The number of aryl methyl sites for hydroxylation is 3. The van der Waals surface area contributed by atoms with E-state index in [0.29, 0.717) is 11.5 Å². The van der Waals surface area contributed by atoms with E-state index in [9.17, 15) is 5.11 Å². The van der Waals surface area contributed by atoms with Gasteiger partial charge in [-0.05, 0) is 31.9 Å². The fourth-order valence-corrected chi connectivity index (χ4v) is 3.01. The molecule has 0 fully saturated rings. The van der Waals surface area contributed by atoms with Crippen molar-refractivity contribution in [2.45, 2.75) is 27.4 Å². The van der Waals surface area contributed by atoms with E-state index in [0.717, 1.165) is 27.8 Å². The van der Waals surface area contributed by atoms with Crippen LogP contribution < -0.4 is 0 Å². The van der Waals surface area contributed by atoms with Gasteiger partial charge in [0.1, 0.15) is 5.69 Å². The van der Waals surface area contributed by atoms with Crippen molar-refractivity contribution in [1.29, 1.82) is 0 Å². The number of nitrogens with zero attached hydrogens (tertiary/aromatic N) is 1. The van der Waals surface area contributed by atoms with E-state index in [1.165, 1.54) is 5.56 Å². The average molecular weight is 293 g/mol. The van der Waals surface area contributed by atoms with Crippen LogP contribution in [-0.4, -0.2) is 10.3 Å². The first-order chi connectivity index (χ1) is 10.6. The molecule has 0 spiro atoms. The van der Waals surface area contributed by atoms with Crippen molar-refractivity contribution >= 4 is 0 Å². The van der Waals surface area contributed by atoms with Gasteiger partial charge in [0.2, 0.25) is 0 Å². The third-order valence-electron chi connectivity index (χ3n) is 3.90. The summed E-state index contributed by atoms with van der Waals surface area (Å²) in [4.78, 5) is 0. The van der Waals surface area contributed by atoms with E-state index >= 15 is 0 Å². The Balaban J connectivity index is 2.20. The zero-order valence-electron chi connectivity index (χ0n) is 13.1. The molecule has 2 aromatic carbocycles. The predicted molar refractivity (Wildman–Crippen MR) is 87.5 cm³/mol. The van der Waals surface area contributed by atoms with Crippen LogP contribution in [0.5, 0.6) is 0 Å². The van der Waals surface area contributed by atoms with Gasteiger partial charge in [0, 0.05) is 11.1 Å². The van der Waals surface area contributed by atoms with E-state index < -0.39 is 0 Å². The van der Waals surface area contributed by atoms with Crippen LogP contribution in [0.2, 0.25) is 0 Å². The third kappa shape index (κ3) is 2.44. The summed E-state index contributed by atoms with van der Waals surface area (Å²) in [6.45, 7) is 6.09. The lowest BCUT2D eigenvalue weighted by atomic mass is 9.94. The van der Waals surface area contributed by atoms with Gasteiger partial charge in [-0.3, -0.25) is 0 Å². The lowest BCUT2D eigenvalue weighted by Gasteiger charge is -2.09. The highest BCUT2D eigenvalue weighted by atomic mass is 16.5. The lowest BCUT2D eigenvalue weighted by molar-refractivity contribution is 0.281. The highest BCUT2D eigenvalue weighted by molar-refractivity contribution is 5.76. The molecule has 1 heterocycles. The second kappa shape index (κ2) is 5.78. The first kappa shape index (κ1) is 14.5. The molecule has 0 aliphatic rings. The van der Waals surface area contributed by atoms with Crippen LogP contribution in [0.1, 0.15) is 22.3 Å². The molecule has 3 aromatic rings. The molecule has 0 unspecified atom stereocenters. The Hall–Kier alpha value is -2.39. The maximum Gasteiger partial charge on any atom is 0.173 e. The highest BCUT2D eigenvalue weighted by Crippen LogP contribution is 2.36. The molecule has 3 heteroatoms. The number of aliphatic hydroxyl groups is 1. The summed E-state index contributed by atoms with van der Waals surface area (Å²) in [5.74, 6) is 0.663. The maximum absolute atomic E-state index is 9.85. The van der Waals surface area contributed by atoms with Crippen LogP contribution in [0.3, 0.4) is 0 Å². The largest absolute Gasteiger partial charge is 0.391 e. The van der Waals surface area contributed by atoms with E-state index in [4.69, 9.17) is 4.52 Å². The van der Waals surface area contributed by atoms with Gasteiger partial charge >= 0.3 is 0 Å². The van der Waals surface area contributed by atoms with Crippen LogP contribution in [0.15, 0.2) is 47.0 Å². The Kier molecular flexibility index (Phi) is 3.82. The molecule has 0 aliphatic carbocycles. The van der Waals surface area contributed by atoms with Gasteiger partial charge < -0.3 is 9.63 Å². The smallest absolute Gasteiger partial charge is 0.173 e. The van der Waals surface area contributed by atoms with Crippen molar-refractivity contribution in [3.63, 3.8) is 0 Å². The van der Waals surface area contributed by atoms with Gasteiger partial charge in [0.15, 0.2) is 5.76 Å². The fourth-order valence-electron chi connectivity index (χ4n) is 3.01. The summed E-state index contributed by atoms with van der Waals surface area (Å²) in [5.41, 5.74) is 6.88. The monoisotopic (exact) mass is 293 g/mol. The zero-order chi connectivity index (χ0) is 15.7. The first-order valence-corrected chi connectivity index (χ1v) is 7.35. The molecule has 22 heavy (non-hydrogen) atoms. The Morgan fingerprint density at radius 2 is 1.64 bits per heavy atom. The maximum atomic E-state index is 9.85. The summed E-state index contributed by atoms with van der Waals surface area (Å²) in [6, 6.07) is 14.0. The van der Waals surface area contributed by atoms with E-state index in [-0.39, 0.29) is 6.61 Å². The van der Waals surface area contributed by atoms with Crippen molar-refractivity contribution in [2.75, 3.05) is 0 Å². The van der Waals surface area contributed by atoms with Crippen LogP contribution in [0.25, 0.3) is 22.6 Å². The molecule has 0 bridgehead atoms. The van der Waals surface area contributed by atoms with Gasteiger partial charge in [-0.25, -0.2) is 0 Å². The fraction of sp³-hybridized carbons (Fsp3) is 0.211. The molecule has 1 aromatic heterocycles. The standard InChI is InChI=1S/C19H19NO2/c1-12-9-13(2)17(14(3)10-12)19-16(11-21)18(20-22-19)15-7-5-4-6-8-15/h4-10,21H,11H2,1-3H3. The van der Waals surface area contributed by atoms with Gasteiger partial charge in [-0.2, -0.15) is 0 Å². The molecule has 0 saturated heterocycles. The Morgan fingerprint density at radius 3 is 2.23 bits per heavy atom. The quantitative estimate of drug-likeness (QED) is 0.777. The summed E-state index contributed by atoms with van der Waals surface area (Å²) < 4.78 is 5.62. The molecule has 0 saturated carbocycles. The summed E-state index contributed by atoms with van der Waals surface area (Å²) in [6.07, 6.45) is 0. The van der Waals surface area contributed by atoms with Gasteiger partial charge in [-0.1, -0.05) is 53.2 Å². The second-order valence-electron chi connectivity index (χ2n) is 5.64. The minimum Gasteiger partial charge on any atom is -0.391 e. The molecule has 0 radical (unpaired) electrons. The Labute approximate surface area is 130 Å². The number of aliphatic hydroxyl groups excluding tert-OH is 1. The van der Waals surface area contributed by atoms with Crippen molar-refractivity contribution < 1.29 is 9.63 Å². The van der Waals surface area contributed by atoms with Crippen LogP contribution in [-0.2, 0) is 6.61 Å². The molecular weight excluding hydrogens is 274 g/mol. The number of hydrogen-bond donors (Lipinski definition) is 1. The van der Waals surface area contributed by atoms with Gasteiger partial charge in [0.25, 0.3) is 0 Å². The average Bonchev–Trinajstić information content (AvgIpc) is 2.90. The molecule has 0 atom stereocenters. The van der Waals surface area contributed by atoms with Crippen molar-refractivity contribution in [2.24, 2.45) is 0 Å². The molecule has 1 N–H and O–H groups in total. The molecule has 112 valence electrons. The highest BCUT2D eigenvalue weighted by Gasteiger charge is 2.21. The summed E-state index contributed by atoms with van der Waals surface area (Å²) in [5, 5.41) is 14.1. The molecule has 3 rings (SSSR count). The summed E-state index contributed by atoms with van der Waals surface area (Å²) in [7, 11) is 0. The second-order valence-corrected chi connectivity index (χ2v) is 5.64. The van der Waals surface area contributed by atoms with E-state index in [1.807, 2.05) is 30.3 Å². The van der Waals surface area contributed by atoms with Gasteiger partial charge in [-0.15, -0.1) is 0 Å². The lowest BCUT2D eigenvalue weighted by Crippen LogP contribution is -1.93. The molecular formula is C19H19NO2. The number of rotatable bonds is 3. The Bertz CT molecular complexity index is 781. The molecule has 0 aliphatic heterocycles. The topological polar surface area (TPSA) is 46.3 Å². The number of hydrogen-bond acceptors (Lipinski definition) is 3. The molecule has 3 nitrogen and oxygen atoms in total. The van der Waals surface area contributed by atoms with E-state index in [1.54, 1.807) is 0 Å². The third-order valence-corrected chi connectivity index (χ3v) is 3.90. The van der Waals surface area contributed by atoms with Crippen molar-refractivity contribution in [1.82, 2.24) is 5.16 Å². The SMILES string of the molecule is Cc1cc(C)c(-c2onc(-c3ccccc3)c2CO)c(C)c1. The summed E-state index contributed by atoms with van der Waals surface area (Å²) >= 11 is 0. The first-order valence-electron chi connectivity index (χ1n) is 7.35.